The van der Waals surface area contributed by atoms with Gasteiger partial charge in [-0.05, 0) is 37.0 Å². The van der Waals surface area contributed by atoms with E-state index in [0.717, 1.165) is 29.4 Å². The van der Waals surface area contributed by atoms with Gasteiger partial charge in [-0.2, -0.15) is 0 Å². The molecule has 0 bridgehead atoms. The van der Waals surface area contributed by atoms with Crippen LogP contribution in [0.3, 0.4) is 0 Å². The lowest BCUT2D eigenvalue weighted by atomic mass is 10.0. The summed E-state index contributed by atoms with van der Waals surface area (Å²) in [6.45, 7) is 2.61. The molecular weight excluding hydrogens is 214 g/mol. The third kappa shape index (κ3) is 3.13. The van der Waals surface area contributed by atoms with Crippen LogP contribution in [0.2, 0.25) is 0 Å². The van der Waals surface area contributed by atoms with E-state index >= 15 is 0 Å². The first-order chi connectivity index (χ1) is 8.24. The maximum absolute atomic E-state index is 6.20. The molecule has 1 aliphatic carbocycles. The molecule has 0 heterocycles. The molecule has 0 aliphatic heterocycles. The zero-order valence-corrected chi connectivity index (χ0v) is 10.6. The molecule has 17 heavy (non-hydrogen) atoms. The van der Waals surface area contributed by atoms with Crippen molar-refractivity contribution in [3.05, 3.63) is 23.8 Å². The molecule has 1 fully saturated rings. The molecule has 0 spiro atoms. The normalized spacial score (nSPS) is 16.6. The first-order valence-electron chi connectivity index (χ1n) is 6.31. The minimum absolute atomic E-state index is 0.118. The van der Waals surface area contributed by atoms with Gasteiger partial charge in [-0.25, -0.2) is 0 Å². The fourth-order valence-electron chi connectivity index (χ4n) is 2.04. The van der Waals surface area contributed by atoms with Gasteiger partial charge in [-0.3, -0.25) is 0 Å². The van der Waals surface area contributed by atoms with Crippen LogP contribution >= 0.6 is 0 Å². The smallest absolute Gasteiger partial charge is 0.161 e. The summed E-state index contributed by atoms with van der Waals surface area (Å²) in [6.07, 6.45) is 3.75. The van der Waals surface area contributed by atoms with Gasteiger partial charge in [0.25, 0.3) is 0 Å². The zero-order chi connectivity index (χ0) is 12.3. The SMILES string of the molecule is CCOc1cc([C@@H](N)CC2CC2)ccc1OC. The van der Waals surface area contributed by atoms with Gasteiger partial charge in [0.15, 0.2) is 11.5 Å². The second-order valence-electron chi connectivity index (χ2n) is 4.63. The molecule has 3 heteroatoms. The summed E-state index contributed by atoms with van der Waals surface area (Å²) >= 11 is 0. The minimum atomic E-state index is 0.118. The van der Waals surface area contributed by atoms with Crippen LogP contribution in [0.1, 0.15) is 37.8 Å². The number of rotatable bonds is 6. The lowest BCUT2D eigenvalue weighted by molar-refractivity contribution is 0.310. The molecule has 1 atom stereocenters. The molecule has 0 amide bonds. The topological polar surface area (TPSA) is 44.5 Å². The van der Waals surface area contributed by atoms with Gasteiger partial charge in [0.05, 0.1) is 13.7 Å². The Morgan fingerprint density at radius 1 is 1.35 bits per heavy atom. The van der Waals surface area contributed by atoms with Crippen LogP contribution < -0.4 is 15.2 Å². The number of methoxy groups -OCH3 is 1. The molecule has 1 aliphatic rings. The first-order valence-corrected chi connectivity index (χ1v) is 6.31. The van der Waals surface area contributed by atoms with Crippen LogP contribution in [-0.2, 0) is 0 Å². The van der Waals surface area contributed by atoms with Crippen LogP contribution in [0, 0.1) is 5.92 Å². The Kier molecular flexibility index (Phi) is 3.89. The fraction of sp³-hybridized carbons (Fsp3) is 0.571. The third-order valence-electron chi connectivity index (χ3n) is 3.20. The average molecular weight is 235 g/mol. The molecule has 1 aromatic carbocycles. The Labute approximate surface area is 103 Å². The highest BCUT2D eigenvalue weighted by atomic mass is 16.5. The number of hydrogen-bond acceptors (Lipinski definition) is 3. The van der Waals surface area contributed by atoms with Gasteiger partial charge in [0, 0.05) is 6.04 Å². The van der Waals surface area contributed by atoms with E-state index in [0.29, 0.717) is 6.61 Å². The van der Waals surface area contributed by atoms with E-state index in [9.17, 15) is 0 Å². The van der Waals surface area contributed by atoms with E-state index in [1.54, 1.807) is 7.11 Å². The maximum Gasteiger partial charge on any atom is 0.161 e. The third-order valence-corrected chi connectivity index (χ3v) is 3.20. The largest absolute Gasteiger partial charge is 0.493 e. The predicted molar refractivity (Wildman–Crippen MR) is 68.4 cm³/mol. The van der Waals surface area contributed by atoms with Gasteiger partial charge >= 0.3 is 0 Å². The summed E-state index contributed by atoms with van der Waals surface area (Å²) in [5, 5.41) is 0. The minimum Gasteiger partial charge on any atom is -0.493 e. The second-order valence-corrected chi connectivity index (χ2v) is 4.63. The lowest BCUT2D eigenvalue weighted by Crippen LogP contribution is -2.11. The van der Waals surface area contributed by atoms with Crippen molar-refractivity contribution in [3.63, 3.8) is 0 Å². The summed E-state index contributed by atoms with van der Waals surface area (Å²) in [5.74, 6) is 2.40. The van der Waals surface area contributed by atoms with Gasteiger partial charge in [0.2, 0.25) is 0 Å². The van der Waals surface area contributed by atoms with E-state index in [2.05, 4.69) is 0 Å². The average Bonchev–Trinajstić information content (AvgIpc) is 3.13. The van der Waals surface area contributed by atoms with Crippen molar-refractivity contribution in [2.75, 3.05) is 13.7 Å². The van der Waals surface area contributed by atoms with Crippen molar-refractivity contribution in [2.24, 2.45) is 11.7 Å². The van der Waals surface area contributed by atoms with E-state index in [-0.39, 0.29) is 6.04 Å². The zero-order valence-electron chi connectivity index (χ0n) is 10.6. The number of ether oxygens (including phenoxy) is 2. The Morgan fingerprint density at radius 3 is 2.71 bits per heavy atom. The van der Waals surface area contributed by atoms with Crippen LogP contribution in [-0.4, -0.2) is 13.7 Å². The van der Waals surface area contributed by atoms with E-state index < -0.39 is 0 Å². The highest BCUT2D eigenvalue weighted by Crippen LogP contribution is 2.38. The summed E-state index contributed by atoms with van der Waals surface area (Å²) in [7, 11) is 1.65. The molecule has 94 valence electrons. The molecule has 2 rings (SSSR count). The van der Waals surface area contributed by atoms with E-state index in [4.69, 9.17) is 15.2 Å². The van der Waals surface area contributed by atoms with Crippen LogP contribution in [0.5, 0.6) is 11.5 Å². The van der Waals surface area contributed by atoms with E-state index in [1.165, 1.54) is 12.8 Å². The monoisotopic (exact) mass is 235 g/mol. The van der Waals surface area contributed by atoms with E-state index in [1.807, 2.05) is 25.1 Å². The van der Waals surface area contributed by atoms with Gasteiger partial charge in [-0.1, -0.05) is 18.9 Å². The molecule has 3 nitrogen and oxygen atoms in total. The van der Waals surface area contributed by atoms with Crippen molar-refractivity contribution in [2.45, 2.75) is 32.2 Å². The molecule has 1 saturated carbocycles. The molecular formula is C14H21NO2. The van der Waals surface area contributed by atoms with Crippen LogP contribution in [0.15, 0.2) is 18.2 Å². The quantitative estimate of drug-likeness (QED) is 0.824. The number of benzene rings is 1. The predicted octanol–water partition coefficient (Wildman–Crippen LogP) is 2.89. The number of nitrogens with two attached hydrogens (primary N) is 1. The summed E-state index contributed by atoms with van der Waals surface area (Å²) in [6, 6.07) is 6.10. The maximum atomic E-state index is 6.20. The highest BCUT2D eigenvalue weighted by molar-refractivity contribution is 5.43. The summed E-state index contributed by atoms with van der Waals surface area (Å²) in [4.78, 5) is 0. The molecule has 0 aromatic heterocycles. The van der Waals surface area contributed by atoms with Crippen molar-refractivity contribution < 1.29 is 9.47 Å². The second kappa shape index (κ2) is 5.41. The van der Waals surface area contributed by atoms with Crippen LogP contribution in [0.25, 0.3) is 0 Å². The van der Waals surface area contributed by atoms with Crippen molar-refractivity contribution >= 4 is 0 Å². The summed E-state index contributed by atoms with van der Waals surface area (Å²) < 4.78 is 10.8. The Morgan fingerprint density at radius 2 is 2.12 bits per heavy atom. The van der Waals surface area contributed by atoms with Crippen molar-refractivity contribution in [3.8, 4) is 11.5 Å². The Balaban J connectivity index is 2.13. The first kappa shape index (κ1) is 12.2. The van der Waals surface area contributed by atoms with Gasteiger partial charge < -0.3 is 15.2 Å². The standard InChI is InChI=1S/C14H21NO2/c1-3-17-14-9-11(6-7-13(14)16-2)12(15)8-10-4-5-10/h6-7,9-10,12H,3-5,8,15H2,1-2H3/t12-/m0/s1. The number of hydrogen-bond donors (Lipinski definition) is 1. The fourth-order valence-corrected chi connectivity index (χ4v) is 2.04. The van der Waals surface area contributed by atoms with Crippen molar-refractivity contribution in [1.82, 2.24) is 0 Å². The molecule has 0 radical (unpaired) electrons. The Bertz CT molecular complexity index is 374. The summed E-state index contributed by atoms with van der Waals surface area (Å²) in [5.41, 5.74) is 7.34. The van der Waals surface area contributed by atoms with Crippen LogP contribution in [0.4, 0.5) is 0 Å². The molecule has 0 unspecified atom stereocenters. The van der Waals surface area contributed by atoms with Gasteiger partial charge in [-0.15, -0.1) is 0 Å². The molecule has 1 aromatic rings. The molecule has 0 saturated heterocycles. The lowest BCUT2D eigenvalue weighted by Gasteiger charge is -2.15. The van der Waals surface area contributed by atoms with Crippen molar-refractivity contribution in [1.29, 1.82) is 0 Å². The Hall–Kier alpha value is -1.22. The molecule has 2 N–H and O–H groups in total. The van der Waals surface area contributed by atoms with Gasteiger partial charge in [0.1, 0.15) is 0 Å². The highest BCUT2D eigenvalue weighted by Gasteiger charge is 2.24.